The van der Waals surface area contributed by atoms with Crippen LogP contribution in [0, 0.1) is 0 Å². The third-order valence-electron chi connectivity index (χ3n) is 4.50. The van der Waals surface area contributed by atoms with Crippen molar-refractivity contribution in [2.45, 2.75) is 38.1 Å². The molecule has 0 bridgehead atoms. The molecule has 3 aromatic rings. The molecule has 2 heterocycles. The van der Waals surface area contributed by atoms with Crippen molar-refractivity contribution in [1.29, 1.82) is 0 Å². The van der Waals surface area contributed by atoms with Gasteiger partial charge in [-0.3, -0.25) is 0 Å². The number of rotatable bonds is 3. The van der Waals surface area contributed by atoms with Crippen LogP contribution in [0.4, 0.5) is 0 Å². The fourth-order valence-electron chi connectivity index (χ4n) is 2.89. The number of fused-ring (bicyclic) bond motifs is 1. The second-order valence-electron chi connectivity index (χ2n) is 5.95. The SMILES string of the molecule is CCc1ccc2nc(-c3cnc(C4(N)CCC4)[nH]3)[nH]c2c1. The summed E-state index contributed by atoms with van der Waals surface area (Å²) in [6, 6.07) is 6.33. The van der Waals surface area contributed by atoms with Gasteiger partial charge in [0.2, 0.25) is 0 Å². The fourth-order valence-corrected chi connectivity index (χ4v) is 2.89. The van der Waals surface area contributed by atoms with Crippen LogP contribution in [-0.4, -0.2) is 19.9 Å². The van der Waals surface area contributed by atoms with Crippen molar-refractivity contribution in [3.63, 3.8) is 0 Å². The Morgan fingerprint density at radius 3 is 2.86 bits per heavy atom. The minimum atomic E-state index is -0.264. The quantitative estimate of drug-likeness (QED) is 0.690. The van der Waals surface area contributed by atoms with Crippen LogP contribution in [0.3, 0.4) is 0 Å². The van der Waals surface area contributed by atoms with Gasteiger partial charge in [0.15, 0.2) is 5.82 Å². The van der Waals surface area contributed by atoms with E-state index < -0.39 is 0 Å². The first-order chi connectivity index (χ1) is 10.2. The van der Waals surface area contributed by atoms with Crippen LogP contribution in [0.1, 0.15) is 37.6 Å². The molecule has 1 fully saturated rings. The molecule has 4 rings (SSSR count). The Morgan fingerprint density at radius 1 is 1.29 bits per heavy atom. The number of benzene rings is 1. The molecular weight excluding hydrogens is 262 g/mol. The van der Waals surface area contributed by atoms with Crippen molar-refractivity contribution in [1.82, 2.24) is 19.9 Å². The zero-order chi connectivity index (χ0) is 14.4. The third-order valence-corrected chi connectivity index (χ3v) is 4.50. The molecule has 0 radical (unpaired) electrons. The number of aryl methyl sites for hydroxylation is 1. The second kappa shape index (κ2) is 4.43. The first-order valence-electron chi connectivity index (χ1n) is 7.51. The van der Waals surface area contributed by atoms with Gasteiger partial charge in [-0.05, 0) is 43.4 Å². The number of hydrogen-bond donors (Lipinski definition) is 3. The van der Waals surface area contributed by atoms with Gasteiger partial charge >= 0.3 is 0 Å². The van der Waals surface area contributed by atoms with Gasteiger partial charge in [-0.15, -0.1) is 0 Å². The predicted molar refractivity (Wildman–Crippen MR) is 82.8 cm³/mol. The first-order valence-corrected chi connectivity index (χ1v) is 7.51. The molecule has 0 unspecified atom stereocenters. The minimum Gasteiger partial charge on any atom is -0.338 e. The topological polar surface area (TPSA) is 83.4 Å². The van der Waals surface area contributed by atoms with Crippen molar-refractivity contribution < 1.29 is 0 Å². The Bertz CT molecular complexity index is 794. The van der Waals surface area contributed by atoms with Gasteiger partial charge in [-0.1, -0.05) is 13.0 Å². The van der Waals surface area contributed by atoms with Gasteiger partial charge < -0.3 is 15.7 Å². The lowest BCUT2D eigenvalue weighted by atomic mass is 9.77. The average molecular weight is 281 g/mol. The van der Waals surface area contributed by atoms with E-state index in [1.165, 1.54) is 12.0 Å². The summed E-state index contributed by atoms with van der Waals surface area (Å²) in [5, 5.41) is 0. The van der Waals surface area contributed by atoms with Gasteiger partial charge in [0.25, 0.3) is 0 Å². The highest BCUT2D eigenvalue weighted by Gasteiger charge is 2.37. The lowest BCUT2D eigenvalue weighted by molar-refractivity contribution is 0.240. The molecule has 1 aliphatic carbocycles. The summed E-state index contributed by atoms with van der Waals surface area (Å²) >= 11 is 0. The molecule has 5 heteroatoms. The number of H-pyrrole nitrogens is 2. The number of aromatic amines is 2. The van der Waals surface area contributed by atoms with Crippen LogP contribution >= 0.6 is 0 Å². The van der Waals surface area contributed by atoms with Gasteiger partial charge in [-0.25, -0.2) is 9.97 Å². The maximum atomic E-state index is 6.30. The smallest absolute Gasteiger partial charge is 0.156 e. The van der Waals surface area contributed by atoms with E-state index in [0.717, 1.165) is 47.6 Å². The molecule has 0 amide bonds. The molecule has 4 N–H and O–H groups in total. The minimum absolute atomic E-state index is 0.264. The summed E-state index contributed by atoms with van der Waals surface area (Å²) < 4.78 is 0. The van der Waals surface area contributed by atoms with Crippen molar-refractivity contribution in [2.75, 3.05) is 0 Å². The highest BCUT2D eigenvalue weighted by atomic mass is 15.0. The van der Waals surface area contributed by atoms with Crippen LogP contribution in [0.15, 0.2) is 24.4 Å². The maximum Gasteiger partial charge on any atom is 0.156 e. The van der Waals surface area contributed by atoms with Crippen LogP contribution in [0.2, 0.25) is 0 Å². The van der Waals surface area contributed by atoms with E-state index >= 15 is 0 Å². The molecular formula is C16H19N5. The number of aromatic nitrogens is 4. The fraction of sp³-hybridized carbons (Fsp3) is 0.375. The van der Waals surface area contributed by atoms with E-state index in [-0.39, 0.29) is 5.54 Å². The number of nitrogens with zero attached hydrogens (tertiary/aromatic N) is 2. The van der Waals surface area contributed by atoms with E-state index in [2.05, 4.69) is 45.1 Å². The summed E-state index contributed by atoms with van der Waals surface area (Å²) in [5.74, 6) is 1.69. The summed E-state index contributed by atoms with van der Waals surface area (Å²) in [5.41, 5.74) is 10.3. The van der Waals surface area contributed by atoms with Gasteiger partial charge in [0, 0.05) is 0 Å². The highest BCUT2D eigenvalue weighted by molar-refractivity contribution is 5.79. The second-order valence-corrected chi connectivity index (χ2v) is 5.95. The molecule has 2 aromatic heterocycles. The number of hydrogen-bond acceptors (Lipinski definition) is 3. The molecule has 0 saturated heterocycles. The number of imidazole rings is 2. The van der Waals surface area contributed by atoms with Crippen molar-refractivity contribution in [2.24, 2.45) is 5.73 Å². The summed E-state index contributed by atoms with van der Waals surface area (Å²) in [7, 11) is 0. The molecule has 5 nitrogen and oxygen atoms in total. The van der Waals surface area contributed by atoms with E-state index in [1.807, 2.05) is 6.20 Å². The van der Waals surface area contributed by atoms with E-state index in [0.29, 0.717) is 0 Å². The number of nitrogens with two attached hydrogens (primary N) is 1. The van der Waals surface area contributed by atoms with E-state index in [1.54, 1.807) is 0 Å². The zero-order valence-corrected chi connectivity index (χ0v) is 12.1. The van der Waals surface area contributed by atoms with Crippen LogP contribution in [0.25, 0.3) is 22.6 Å². The first kappa shape index (κ1) is 12.6. The maximum absolute atomic E-state index is 6.30. The summed E-state index contributed by atoms with van der Waals surface area (Å²) in [6.07, 6.45) is 6.02. The van der Waals surface area contributed by atoms with E-state index in [9.17, 15) is 0 Å². The Morgan fingerprint density at radius 2 is 2.14 bits per heavy atom. The third kappa shape index (κ3) is 1.96. The molecule has 0 atom stereocenters. The van der Waals surface area contributed by atoms with Gasteiger partial charge in [0.05, 0.1) is 22.8 Å². The summed E-state index contributed by atoms with van der Waals surface area (Å²) in [4.78, 5) is 15.8. The molecule has 1 aromatic carbocycles. The molecule has 1 aliphatic rings. The Kier molecular flexibility index (Phi) is 2.65. The predicted octanol–water partition coefficient (Wildman–Crippen LogP) is 2.85. The van der Waals surface area contributed by atoms with Crippen molar-refractivity contribution in [3.8, 4) is 11.5 Å². The van der Waals surface area contributed by atoms with Gasteiger partial charge in [0.1, 0.15) is 11.5 Å². The Labute approximate surface area is 123 Å². The largest absolute Gasteiger partial charge is 0.338 e. The van der Waals surface area contributed by atoms with Crippen molar-refractivity contribution in [3.05, 3.63) is 35.8 Å². The number of nitrogens with one attached hydrogen (secondary N) is 2. The van der Waals surface area contributed by atoms with Crippen LogP contribution in [-0.2, 0) is 12.0 Å². The average Bonchev–Trinajstić information content (AvgIpc) is 3.10. The molecule has 108 valence electrons. The van der Waals surface area contributed by atoms with Crippen molar-refractivity contribution >= 4 is 11.0 Å². The standard InChI is InChI=1S/C16H19N5/c1-2-10-4-5-11-12(8-10)20-14(19-11)13-9-18-15(21-13)16(17)6-3-7-16/h4-5,8-9H,2-3,6-7,17H2,1H3,(H,18,21)(H,19,20). The monoisotopic (exact) mass is 281 g/mol. The Hall–Kier alpha value is -2.14. The highest BCUT2D eigenvalue weighted by Crippen LogP contribution is 2.37. The molecule has 1 saturated carbocycles. The van der Waals surface area contributed by atoms with Crippen LogP contribution < -0.4 is 5.73 Å². The summed E-state index contributed by atoms with van der Waals surface area (Å²) in [6.45, 7) is 2.15. The molecule has 21 heavy (non-hydrogen) atoms. The lowest BCUT2D eigenvalue weighted by Crippen LogP contribution is -2.44. The van der Waals surface area contributed by atoms with E-state index in [4.69, 9.17) is 5.73 Å². The van der Waals surface area contributed by atoms with Crippen LogP contribution in [0.5, 0.6) is 0 Å². The molecule has 0 spiro atoms. The Balaban J connectivity index is 1.73. The zero-order valence-electron chi connectivity index (χ0n) is 12.1. The normalized spacial score (nSPS) is 17.0. The van der Waals surface area contributed by atoms with Gasteiger partial charge in [-0.2, -0.15) is 0 Å². The molecule has 0 aliphatic heterocycles. The lowest BCUT2D eigenvalue weighted by Gasteiger charge is -2.35.